The number of nitrogens with one attached hydrogen (secondary N) is 1. The van der Waals surface area contributed by atoms with E-state index < -0.39 is 0 Å². The van der Waals surface area contributed by atoms with E-state index in [0.717, 1.165) is 11.4 Å². The highest BCUT2D eigenvalue weighted by Crippen LogP contribution is 2.25. The van der Waals surface area contributed by atoms with E-state index in [1.54, 1.807) is 0 Å². The third-order valence-electron chi connectivity index (χ3n) is 2.79. The molecule has 3 N–H and O–H groups in total. The second-order valence-electron chi connectivity index (χ2n) is 4.12. The number of benzene rings is 1. The van der Waals surface area contributed by atoms with Crippen LogP contribution in [0.25, 0.3) is 0 Å². The van der Waals surface area contributed by atoms with Gasteiger partial charge in [0.1, 0.15) is 0 Å². The Hall–Kier alpha value is -0.830. The van der Waals surface area contributed by atoms with Crippen LogP contribution in [-0.2, 0) is 0 Å². The van der Waals surface area contributed by atoms with Gasteiger partial charge in [-0.25, -0.2) is 0 Å². The summed E-state index contributed by atoms with van der Waals surface area (Å²) >= 11 is 2.04. The highest BCUT2D eigenvalue weighted by atomic mass is 32.2. The molecule has 0 atom stereocenters. The monoisotopic (exact) mass is 222 g/mol. The van der Waals surface area contributed by atoms with Gasteiger partial charge in [-0.15, -0.1) is 0 Å². The van der Waals surface area contributed by atoms with Crippen LogP contribution in [0, 0.1) is 6.92 Å². The van der Waals surface area contributed by atoms with Gasteiger partial charge in [0.05, 0.1) is 11.4 Å². The quantitative estimate of drug-likeness (QED) is 0.756. The van der Waals surface area contributed by atoms with Gasteiger partial charge < -0.3 is 11.1 Å². The Labute approximate surface area is 95.6 Å². The average Bonchev–Trinajstić information content (AvgIpc) is 2.24. The van der Waals surface area contributed by atoms with Gasteiger partial charge in [-0.05, 0) is 49.0 Å². The lowest BCUT2D eigenvalue weighted by Crippen LogP contribution is -2.24. The number of nitrogens with two attached hydrogens (primary N) is 1. The normalized spacial score (nSPS) is 17.7. The Bertz CT molecular complexity index is 332. The molecule has 0 amide bonds. The maximum absolute atomic E-state index is 5.97. The van der Waals surface area contributed by atoms with Crippen LogP contribution >= 0.6 is 11.8 Å². The molecule has 0 bridgehead atoms. The van der Waals surface area contributed by atoms with Crippen LogP contribution in [0.1, 0.15) is 18.4 Å². The van der Waals surface area contributed by atoms with E-state index in [-0.39, 0.29) is 0 Å². The van der Waals surface area contributed by atoms with Crippen LogP contribution in [0.15, 0.2) is 18.2 Å². The molecule has 1 aromatic carbocycles. The SMILES string of the molecule is Cc1ccc(NC2CCSCC2)c(N)c1. The summed E-state index contributed by atoms with van der Waals surface area (Å²) in [7, 11) is 0. The average molecular weight is 222 g/mol. The van der Waals surface area contributed by atoms with E-state index in [1.807, 2.05) is 17.8 Å². The molecule has 1 aliphatic rings. The lowest BCUT2D eigenvalue weighted by molar-refractivity contribution is 0.667. The molecule has 0 radical (unpaired) electrons. The van der Waals surface area contributed by atoms with Gasteiger partial charge in [-0.3, -0.25) is 0 Å². The van der Waals surface area contributed by atoms with Gasteiger partial charge in [-0.1, -0.05) is 6.07 Å². The molecule has 1 fully saturated rings. The van der Waals surface area contributed by atoms with Crippen LogP contribution in [0.3, 0.4) is 0 Å². The zero-order valence-electron chi connectivity index (χ0n) is 9.12. The van der Waals surface area contributed by atoms with E-state index in [4.69, 9.17) is 5.73 Å². The predicted octanol–water partition coefficient (Wildman–Crippen LogP) is 2.88. The summed E-state index contributed by atoms with van der Waals surface area (Å²) in [5.41, 5.74) is 9.15. The number of nitrogen functional groups attached to an aromatic ring is 1. The number of hydrogen-bond donors (Lipinski definition) is 2. The molecule has 82 valence electrons. The molecule has 2 rings (SSSR count). The van der Waals surface area contributed by atoms with Crippen LogP contribution in [-0.4, -0.2) is 17.5 Å². The lowest BCUT2D eigenvalue weighted by atomic mass is 10.1. The number of anilines is 2. The van der Waals surface area contributed by atoms with Gasteiger partial charge in [0.25, 0.3) is 0 Å². The molecule has 0 aromatic heterocycles. The molecule has 1 aliphatic heterocycles. The molecular weight excluding hydrogens is 204 g/mol. The molecule has 1 heterocycles. The fourth-order valence-electron chi connectivity index (χ4n) is 1.88. The number of aryl methyl sites for hydroxylation is 1. The molecule has 1 saturated heterocycles. The van der Waals surface area contributed by atoms with Crippen LogP contribution in [0.2, 0.25) is 0 Å². The maximum Gasteiger partial charge on any atom is 0.0576 e. The Morgan fingerprint density at radius 2 is 2.07 bits per heavy atom. The van der Waals surface area contributed by atoms with Crippen molar-refractivity contribution < 1.29 is 0 Å². The first-order chi connectivity index (χ1) is 7.25. The summed E-state index contributed by atoms with van der Waals surface area (Å²) in [6, 6.07) is 6.83. The standard InChI is InChI=1S/C12H18N2S/c1-9-2-3-12(11(13)8-9)14-10-4-6-15-7-5-10/h2-3,8,10,14H,4-7,13H2,1H3. The second-order valence-corrected chi connectivity index (χ2v) is 5.35. The van der Waals surface area contributed by atoms with E-state index in [0.29, 0.717) is 6.04 Å². The Balaban J connectivity index is 2.03. The van der Waals surface area contributed by atoms with Crippen molar-refractivity contribution >= 4 is 23.1 Å². The van der Waals surface area contributed by atoms with Crippen molar-refractivity contribution in [2.24, 2.45) is 0 Å². The predicted molar refractivity (Wildman–Crippen MR) is 69.6 cm³/mol. The molecule has 1 aromatic rings. The second kappa shape index (κ2) is 4.79. The summed E-state index contributed by atoms with van der Waals surface area (Å²) in [6.45, 7) is 2.07. The van der Waals surface area contributed by atoms with Gasteiger partial charge in [0.2, 0.25) is 0 Å². The zero-order valence-corrected chi connectivity index (χ0v) is 9.94. The maximum atomic E-state index is 5.97. The summed E-state index contributed by atoms with van der Waals surface area (Å²) in [6.07, 6.45) is 2.50. The molecular formula is C12H18N2S. The number of rotatable bonds is 2. The van der Waals surface area contributed by atoms with Crippen molar-refractivity contribution in [3.05, 3.63) is 23.8 Å². The van der Waals surface area contributed by atoms with Crippen molar-refractivity contribution in [3.63, 3.8) is 0 Å². The first kappa shape index (κ1) is 10.7. The molecule has 0 spiro atoms. The fraction of sp³-hybridized carbons (Fsp3) is 0.500. The Morgan fingerprint density at radius 1 is 1.33 bits per heavy atom. The Morgan fingerprint density at radius 3 is 2.73 bits per heavy atom. The molecule has 0 saturated carbocycles. The van der Waals surface area contributed by atoms with E-state index >= 15 is 0 Å². The van der Waals surface area contributed by atoms with Gasteiger partial charge in [-0.2, -0.15) is 11.8 Å². The molecule has 15 heavy (non-hydrogen) atoms. The first-order valence-corrected chi connectivity index (χ1v) is 6.61. The molecule has 2 nitrogen and oxygen atoms in total. The third-order valence-corrected chi connectivity index (χ3v) is 3.84. The summed E-state index contributed by atoms with van der Waals surface area (Å²) in [4.78, 5) is 0. The van der Waals surface area contributed by atoms with Gasteiger partial charge in [0, 0.05) is 6.04 Å². The van der Waals surface area contributed by atoms with Crippen molar-refractivity contribution in [2.45, 2.75) is 25.8 Å². The van der Waals surface area contributed by atoms with Crippen LogP contribution in [0.4, 0.5) is 11.4 Å². The number of thioether (sulfide) groups is 1. The first-order valence-electron chi connectivity index (χ1n) is 5.46. The summed E-state index contributed by atoms with van der Waals surface area (Å²) in [5.74, 6) is 2.53. The largest absolute Gasteiger partial charge is 0.397 e. The zero-order chi connectivity index (χ0) is 10.7. The summed E-state index contributed by atoms with van der Waals surface area (Å²) in [5, 5.41) is 3.54. The van der Waals surface area contributed by atoms with E-state index in [9.17, 15) is 0 Å². The smallest absolute Gasteiger partial charge is 0.0576 e. The highest BCUT2D eigenvalue weighted by molar-refractivity contribution is 7.99. The van der Waals surface area contributed by atoms with Crippen LogP contribution < -0.4 is 11.1 Å². The topological polar surface area (TPSA) is 38.0 Å². The molecule has 0 aliphatic carbocycles. The number of hydrogen-bond acceptors (Lipinski definition) is 3. The minimum atomic E-state index is 0.608. The summed E-state index contributed by atoms with van der Waals surface area (Å²) < 4.78 is 0. The van der Waals surface area contributed by atoms with Crippen molar-refractivity contribution in [1.82, 2.24) is 0 Å². The van der Waals surface area contributed by atoms with E-state index in [2.05, 4.69) is 24.4 Å². The minimum Gasteiger partial charge on any atom is -0.397 e. The van der Waals surface area contributed by atoms with Crippen LogP contribution in [0.5, 0.6) is 0 Å². The lowest BCUT2D eigenvalue weighted by Gasteiger charge is -2.24. The van der Waals surface area contributed by atoms with Crippen molar-refractivity contribution in [1.29, 1.82) is 0 Å². The van der Waals surface area contributed by atoms with Gasteiger partial charge in [0.15, 0.2) is 0 Å². The Kier molecular flexibility index (Phi) is 3.41. The minimum absolute atomic E-state index is 0.608. The van der Waals surface area contributed by atoms with Gasteiger partial charge >= 0.3 is 0 Å². The molecule has 0 unspecified atom stereocenters. The van der Waals surface area contributed by atoms with Crippen molar-refractivity contribution in [2.75, 3.05) is 22.6 Å². The van der Waals surface area contributed by atoms with E-state index in [1.165, 1.54) is 29.9 Å². The highest BCUT2D eigenvalue weighted by Gasteiger charge is 2.13. The molecule has 3 heteroatoms. The third kappa shape index (κ3) is 2.81. The van der Waals surface area contributed by atoms with Crippen molar-refractivity contribution in [3.8, 4) is 0 Å². The fourth-order valence-corrected chi connectivity index (χ4v) is 2.98.